The number of fused-ring (bicyclic) bond motifs is 6. The van der Waals surface area contributed by atoms with Gasteiger partial charge in [0.15, 0.2) is 11.0 Å². The van der Waals surface area contributed by atoms with Crippen LogP contribution < -0.4 is 5.43 Å². The molecule has 1 aliphatic carbocycles. The lowest BCUT2D eigenvalue weighted by Crippen LogP contribution is -2.31. The molecule has 1 aromatic heterocycles. The molecular weight excluding hydrogens is 212 g/mol. The molecule has 82 valence electrons. The van der Waals surface area contributed by atoms with Crippen LogP contribution in [0.5, 0.6) is 0 Å². The van der Waals surface area contributed by atoms with Gasteiger partial charge in [0.25, 0.3) is 0 Å². The first-order chi connectivity index (χ1) is 7.80. The maximum absolute atomic E-state index is 11.3. The Morgan fingerprint density at radius 2 is 2.00 bits per heavy atom. The van der Waals surface area contributed by atoms with Gasteiger partial charge in [-0.2, -0.15) is 0 Å². The van der Waals surface area contributed by atoms with Crippen molar-refractivity contribution in [3.05, 3.63) is 34.4 Å². The highest BCUT2D eigenvalue weighted by Gasteiger charge is 2.86. The van der Waals surface area contributed by atoms with Gasteiger partial charge in [0, 0.05) is 12.1 Å². The molecule has 0 bridgehead atoms. The summed E-state index contributed by atoms with van der Waals surface area (Å²) in [7, 11) is 0. The molecule has 1 aromatic rings. The van der Waals surface area contributed by atoms with E-state index in [1.54, 1.807) is 0 Å². The molecule has 5 heteroatoms. The third-order valence-electron chi connectivity index (χ3n) is 3.91. The average molecular weight is 220 g/mol. The standard InChI is InChI=1S/C11H8O5/c12-4-1-2-13-5(3-4)11-9-7(15-9)6-8(14-6)10(11)16-11/h1-3,6-10H. The SMILES string of the molecule is O=c1ccoc(C23OC2C2OC2C2OC23)c1. The van der Waals surface area contributed by atoms with Crippen molar-refractivity contribution in [2.24, 2.45) is 0 Å². The Labute approximate surface area is 89.9 Å². The second-order valence-electron chi connectivity index (χ2n) is 4.75. The topological polar surface area (TPSA) is 67.8 Å². The molecule has 5 rings (SSSR count). The summed E-state index contributed by atoms with van der Waals surface area (Å²) in [5, 5.41) is 0. The molecule has 4 aliphatic rings. The maximum atomic E-state index is 11.3. The van der Waals surface area contributed by atoms with E-state index in [1.807, 2.05) is 0 Å². The van der Waals surface area contributed by atoms with Crippen LogP contribution in [0.1, 0.15) is 5.76 Å². The van der Waals surface area contributed by atoms with Crippen molar-refractivity contribution >= 4 is 0 Å². The lowest BCUT2D eigenvalue weighted by Gasteiger charge is -2.09. The van der Waals surface area contributed by atoms with Crippen LogP contribution in [0, 0.1) is 0 Å². The summed E-state index contributed by atoms with van der Waals surface area (Å²) >= 11 is 0. The first-order valence-corrected chi connectivity index (χ1v) is 5.39. The second kappa shape index (κ2) is 2.11. The first kappa shape index (κ1) is 8.00. The van der Waals surface area contributed by atoms with Gasteiger partial charge in [-0.05, 0) is 0 Å². The van der Waals surface area contributed by atoms with Crippen molar-refractivity contribution in [1.29, 1.82) is 0 Å². The highest BCUT2D eigenvalue weighted by Crippen LogP contribution is 2.67. The Morgan fingerprint density at radius 1 is 1.12 bits per heavy atom. The summed E-state index contributed by atoms with van der Waals surface area (Å²) in [5.41, 5.74) is -0.608. The van der Waals surface area contributed by atoms with E-state index in [0.29, 0.717) is 5.76 Å². The van der Waals surface area contributed by atoms with Gasteiger partial charge in [-0.1, -0.05) is 0 Å². The molecule has 3 aliphatic heterocycles. The fourth-order valence-corrected chi connectivity index (χ4v) is 3.01. The molecule has 16 heavy (non-hydrogen) atoms. The fraction of sp³-hybridized carbons (Fsp3) is 0.545. The predicted molar refractivity (Wildman–Crippen MR) is 48.9 cm³/mol. The van der Waals surface area contributed by atoms with E-state index in [4.69, 9.17) is 18.6 Å². The Hall–Kier alpha value is -1.17. The van der Waals surface area contributed by atoms with Crippen molar-refractivity contribution in [1.82, 2.24) is 0 Å². The lowest BCUT2D eigenvalue weighted by atomic mass is 9.87. The largest absolute Gasteiger partial charge is 0.466 e. The van der Waals surface area contributed by atoms with Crippen LogP contribution in [0.3, 0.4) is 0 Å². The van der Waals surface area contributed by atoms with E-state index in [0.717, 1.165) is 0 Å². The molecule has 0 spiro atoms. The Morgan fingerprint density at radius 3 is 2.88 bits per heavy atom. The molecule has 5 nitrogen and oxygen atoms in total. The molecular formula is C11H8O5. The van der Waals surface area contributed by atoms with E-state index < -0.39 is 5.60 Å². The summed E-state index contributed by atoms with van der Waals surface area (Å²) in [5.74, 6) is 0.575. The van der Waals surface area contributed by atoms with Gasteiger partial charge in [-0.3, -0.25) is 4.79 Å². The Bertz CT molecular complexity index is 541. The highest BCUT2D eigenvalue weighted by molar-refractivity contribution is 5.36. The molecule has 4 fully saturated rings. The average Bonchev–Trinajstić information content (AvgIpc) is 3.07. The van der Waals surface area contributed by atoms with Crippen LogP contribution in [-0.4, -0.2) is 30.5 Å². The predicted octanol–water partition coefficient (Wildman–Crippen LogP) is -0.218. The van der Waals surface area contributed by atoms with Crippen LogP contribution in [0.2, 0.25) is 0 Å². The van der Waals surface area contributed by atoms with Crippen molar-refractivity contribution in [2.75, 3.05) is 0 Å². The monoisotopic (exact) mass is 220 g/mol. The van der Waals surface area contributed by atoms with Gasteiger partial charge >= 0.3 is 0 Å². The van der Waals surface area contributed by atoms with Crippen molar-refractivity contribution in [3.8, 4) is 0 Å². The Balaban J connectivity index is 1.66. The zero-order valence-corrected chi connectivity index (χ0v) is 8.16. The highest BCUT2D eigenvalue weighted by atomic mass is 16.8. The molecule has 3 saturated heterocycles. The zero-order chi connectivity index (χ0) is 10.5. The van der Waals surface area contributed by atoms with Crippen LogP contribution in [0.4, 0.5) is 0 Å². The summed E-state index contributed by atoms with van der Waals surface area (Å²) in [6, 6.07) is 2.88. The third-order valence-corrected chi connectivity index (χ3v) is 3.91. The number of hydrogen-bond donors (Lipinski definition) is 0. The van der Waals surface area contributed by atoms with Gasteiger partial charge in [-0.25, -0.2) is 0 Å². The van der Waals surface area contributed by atoms with E-state index in [9.17, 15) is 4.79 Å². The quantitative estimate of drug-likeness (QED) is 0.612. The number of rotatable bonds is 1. The van der Waals surface area contributed by atoms with Crippen molar-refractivity contribution < 1.29 is 18.6 Å². The summed E-state index contributed by atoms with van der Waals surface area (Å²) in [4.78, 5) is 11.3. The van der Waals surface area contributed by atoms with E-state index in [1.165, 1.54) is 18.4 Å². The minimum atomic E-state index is -0.539. The van der Waals surface area contributed by atoms with Gasteiger partial charge in [0.1, 0.15) is 36.3 Å². The fourth-order valence-electron chi connectivity index (χ4n) is 3.01. The molecule has 4 heterocycles. The van der Waals surface area contributed by atoms with Crippen LogP contribution in [0.15, 0.2) is 27.6 Å². The molecule has 6 unspecified atom stereocenters. The molecule has 0 amide bonds. The van der Waals surface area contributed by atoms with Crippen molar-refractivity contribution in [3.63, 3.8) is 0 Å². The third kappa shape index (κ3) is 0.723. The molecule has 0 N–H and O–H groups in total. The molecule has 0 radical (unpaired) electrons. The Kier molecular flexibility index (Phi) is 1.06. The smallest absolute Gasteiger partial charge is 0.185 e. The van der Waals surface area contributed by atoms with Gasteiger partial charge < -0.3 is 18.6 Å². The van der Waals surface area contributed by atoms with E-state index in [2.05, 4.69) is 0 Å². The second-order valence-corrected chi connectivity index (χ2v) is 4.75. The zero-order valence-electron chi connectivity index (χ0n) is 8.16. The summed E-state index contributed by atoms with van der Waals surface area (Å²) in [6.45, 7) is 0. The molecule has 6 atom stereocenters. The van der Waals surface area contributed by atoms with E-state index in [-0.39, 0.29) is 35.9 Å². The minimum absolute atomic E-state index is 0.00630. The first-order valence-electron chi connectivity index (χ1n) is 5.39. The summed E-state index contributed by atoms with van der Waals surface area (Å²) < 4.78 is 22.2. The van der Waals surface area contributed by atoms with E-state index >= 15 is 0 Å². The molecule has 0 aromatic carbocycles. The normalized spacial score (nSPS) is 54.6. The minimum Gasteiger partial charge on any atom is -0.466 e. The number of hydrogen-bond acceptors (Lipinski definition) is 5. The van der Waals surface area contributed by atoms with Gasteiger partial charge in [0.05, 0.1) is 6.26 Å². The lowest BCUT2D eigenvalue weighted by molar-refractivity contribution is 0.202. The number of epoxide rings is 3. The van der Waals surface area contributed by atoms with Gasteiger partial charge in [-0.15, -0.1) is 0 Å². The summed E-state index contributed by atoms with van der Waals surface area (Å²) in [6.07, 6.45) is 1.89. The maximum Gasteiger partial charge on any atom is 0.185 e. The van der Waals surface area contributed by atoms with Crippen LogP contribution >= 0.6 is 0 Å². The van der Waals surface area contributed by atoms with Crippen LogP contribution in [-0.2, 0) is 19.8 Å². The van der Waals surface area contributed by atoms with Crippen LogP contribution in [0.25, 0.3) is 0 Å². The van der Waals surface area contributed by atoms with Crippen molar-refractivity contribution in [2.45, 2.75) is 36.1 Å². The number of ether oxygens (including phenoxy) is 3. The molecule has 1 saturated carbocycles. The van der Waals surface area contributed by atoms with Gasteiger partial charge in [0.2, 0.25) is 0 Å².